The van der Waals surface area contributed by atoms with E-state index in [1.165, 1.54) is 0 Å². The number of benzene rings is 3. The van der Waals surface area contributed by atoms with Crippen molar-refractivity contribution in [3.05, 3.63) is 88.9 Å². The van der Waals surface area contributed by atoms with Gasteiger partial charge in [0.05, 0.1) is 23.8 Å². The zero-order chi connectivity index (χ0) is 25.8. The minimum atomic E-state index is -0.543. The lowest BCUT2D eigenvalue weighted by molar-refractivity contribution is -0.121. The largest absolute Gasteiger partial charge is 0.484 e. The molecule has 0 saturated carbocycles. The molecule has 2 aliphatic heterocycles. The molecular weight excluding hydrogens is 492 g/mol. The van der Waals surface area contributed by atoms with Gasteiger partial charge in [0.15, 0.2) is 6.61 Å². The van der Waals surface area contributed by atoms with Crippen molar-refractivity contribution in [2.45, 2.75) is 12.5 Å². The quantitative estimate of drug-likeness (QED) is 0.535. The second kappa shape index (κ2) is 11.0. The molecular formula is C28H27ClN4O4. The molecule has 9 heteroatoms. The van der Waals surface area contributed by atoms with E-state index in [4.69, 9.17) is 16.3 Å². The minimum absolute atomic E-state index is 0.0620. The van der Waals surface area contributed by atoms with E-state index in [0.717, 1.165) is 18.7 Å². The molecule has 2 aliphatic rings. The normalized spacial score (nSPS) is 17.4. The number of anilines is 2. The summed E-state index contributed by atoms with van der Waals surface area (Å²) < 4.78 is 5.76. The van der Waals surface area contributed by atoms with Gasteiger partial charge in [0, 0.05) is 36.8 Å². The van der Waals surface area contributed by atoms with Crippen LogP contribution in [0, 0.1) is 0 Å². The highest BCUT2D eigenvalue weighted by molar-refractivity contribution is 6.30. The zero-order valence-corrected chi connectivity index (χ0v) is 20.9. The number of fused-ring (bicyclic) bond motifs is 1. The Labute approximate surface area is 220 Å². The third-order valence-electron chi connectivity index (χ3n) is 6.50. The van der Waals surface area contributed by atoms with Gasteiger partial charge in [0.1, 0.15) is 5.75 Å². The van der Waals surface area contributed by atoms with Gasteiger partial charge in [-0.05, 0) is 48.0 Å². The van der Waals surface area contributed by atoms with Crippen molar-refractivity contribution in [3.8, 4) is 5.75 Å². The van der Waals surface area contributed by atoms with Gasteiger partial charge in [-0.25, -0.2) is 0 Å². The third-order valence-corrected chi connectivity index (χ3v) is 6.75. The Kier molecular flexibility index (Phi) is 7.39. The average Bonchev–Trinajstić information content (AvgIpc) is 3.08. The topological polar surface area (TPSA) is 91.0 Å². The number of carbonyl (C=O) groups is 3. The SMILES string of the molecule is O=C1CC(c2ccccc2)N(C(=O)COc2ccc(Cl)cc2)c2ccc(C(=O)N3CCNCC3)cc2N1. The van der Waals surface area contributed by atoms with E-state index in [-0.39, 0.29) is 30.7 Å². The fourth-order valence-corrected chi connectivity index (χ4v) is 4.79. The Morgan fingerprint density at radius 2 is 1.70 bits per heavy atom. The van der Waals surface area contributed by atoms with Crippen LogP contribution in [-0.2, 0) is 9.59 Å². The van der Waals surface area contributed by atoms with Gasteiger partial charge in [0.2, 0.25) is 5.91 Å². The van der Waals surface area contributed by atoms with Crippen molar-refractivity contribution in [2.24, 2.45) is 0 Å². The molecule has 1 saturated heterocycles. The summed E-state index contributed by atoms with van der Waals surface area (Å²) in [5.74, 6) is -0.153. The van der Waals surface area contributed by atoms with Crippen molar-refractivity contribution >= 4 is 40.7 Å². The van der Waals surface area contributed by atoms with Gasteiger partial charge in [0.25, 0.3) is 11.8 Å². The number of hydrogen-bond acceptors (Lipinski definition) is 5. The first-order valence-corrected chi connectivity index (χ1v) is 12.6. The second-order valence-corrected chi connectivity index (χ2v) is 9.40. The monoisotopic (exact) mass is 518 g/mol. The first kappa shape index (κ1) is 24.8. The summed E-state index contributed by atoms with van der Waals surface area (Å²) in [6, 6.07) is 20.8. The smallest absolute Gasteiger partial charge is 0.265 e. The van der Waals surface area contributed by atoms with Gasteiger partial charge in [-0.2, -0.15) is 0 Å². The minimum Gasteiger partial charge on any atom is -0.484 e. The summed E-state index contributed by atoms with van der Waals surface area (Å²) >= 11 is 5.96. The van der Waals surface area contributed by atoms with Crippen LogP contribution in [-0.4, -0.2) is 55.4 Å². The lowest BCUT2D eigenvalue weighted by Crippen LogP contribution is -2.46. The Morgan fingerprint density at radius 3 is 2.43 bits per heavy atom. The molecule has 2 heterocycles. The lowest BCUT2D eigenvalue weighted by atomic mass is 10.0. The van der Waals surface area contributed by atoms with Crippen molar-refractivity contribution < 1.29 is 19.1 Å². The van der Waals surface area contributed by atoms with Crippen LogP contribution in [0.3, 0.4) is 0 Å². The maximum absolute atomic E-state index is 13.7. The number of nitrogens with one attached hydrogen (secondary N) is 2. The number of halogens is 1. The standard InChI is InChI=1S/C28H27ClN4O4/c29-21-7-9-22(10-8-21)37-18-27(35)33-24-11-6-20(28(36)32-14-12-30-13-15-32)16-23(24)31-26(34)17-25(33)19-4-2-1-3-5-19/h1-11,16,25,30H,12-15,17-18H2,(H,31,34). The predicted molar refractivity (Wildman–Crippen MR) is 142 cm³/mol. The van der Waals surface area contributed by atoms with Crippen molar-refractivity contribution in [1.29, 1.82) is 0 Å². The first-order chi connectivity index (χ1) is 18.0. The number of piperazine rings is 1. The Balaban J connectivity index is 1.49. The van der Waals surface area contributed by atoms with E-state index in [2.05, 4.69) is 10.6 Å². The van der Waals surface area contributed by atoms with E-state index in [1.54, 1.807) is 52.3 Å². The van der Waals surface area contributed by atoms with Crippen LogP contribution in [0.25, 0.3) is 0 Å². The lowest BCUT2D eigenvalue weighted by Gasteiger charge is -2.31. The molecule has 3 aromatic carbocycles. The van der Waals surface area contributed by atoms with Crippen LogP contribution in [0.15, 0.2) is 72.8 Å². The number of hydrogen-bond donors (Lipinski definition) is 2. The molecule has 37 heavy (non-hydrogen) atoms. The molecule has 0 radical (unpaired) electrons. The average molecular weight is 519 g/mol. The highest BCUT2D eigenvalue weighted by Crippen LogP contribution is 2.39. The van der Waals surface area contributed by atoms with E-state index in [9.17, 15) is 14.4 Å². The van der Waals surface area contributed by atoms with Crippen LogP contribution >= 0.6 is 11.6 Å². The van der Waals surface area contributed by atoms with E-state index in [1.807, 2.05) is 30.3 Å². The molecule has 3 aromatic rings. The fraction of sp³-hybridized carbons (Fsp3) is 0.250. The van der Waals surface area contributed by atoms with Crippen LogP contribution < -0.4 is 20.3 Å². The number of carbonyl (C=O) groups excluding carboxylic acids is 3. The molecule has 8 nitrogen and oxygen atoms in total. The Hall–Kier alpha value is -3.88. The fourth-order valence-electron chi connectivity index (χ4n) is 4.66. The number of amides is 3. The van der Waals surface area contributed by atoms with Crippen LogP contribution in [0.2, 0.25) is 5.02 Å². The second-order valence-electron chi connectivity index (χ2n) is 8.96. The molecule has 0 aliphatic carbocycles. The van der Waals surface area contributed by atoms with Crippen LogP contribution in [0.4, 0.5) is 11.4 Å². The summed E-state index contributed by atoms with van der Waals surface area (Å²) in [5, 5.41) is 6.72. The number of ether oxygens (including phenoxy) is 1. The highest BCUT2D eigenvalue weighted by atomic mass is 35.5. The van der Waals surface area contributed by atoms with E-state index < -0.39 is 6.04 Å². The first-order valence-electron chi connectivity index (χ1n) is 12.2. The molecule has 0 spiro atoms. The maximum atomic E-state index is 13.7. The maximum Gasteiger partial charge on any atom is 0.265 e. The predicted octanol–water partition coefficient (Wildman–Crippen LogP) is 3.88. The Morgan fingerprint density at radius 1 is 0.973 bits per heavy atom. The highest BCUT2D eigenvalue weighted by Gasteiger charge is 2.34. The molecule has 0 aromatic heterocycles. The number of nitrogens with zero attached hydrogens (tertiary/aromatic N) is 2. The summed E-state index contributed by atoms with van der Waals surface area (Å²) in [5.41, 5.74) is 2.22. The molecule has 1 unspecified atom stereocenters. The molecule has 0 bridgehead atoms. The van der Waals surface area contributed by atoms with E-state index >= 15 is 0 Å². The third kappa shape index (κ3) is 5.60. The van der Waals surface area contributed by atoms with Crippen molar-refractivity contribution in [2.75, 3.05) is 43.0 Å². The molecule has 1 fully saturated rings. The van der Waals surface area contributed by atoms with Crippen molar-refractivity contribution in [3.63, 3.8) is 0 Å². The van der Waals surface area contributed by atoms with E-state index in [0.29, 0.717) is 40.8 Å². The van der Waals surface area contributed by atoms with Gasteiger partial charge >= 0.3 is 0 Å². The van der Waals surface area contributed by atoms with Gasteiger partial charge < -0.3 is 20.3 Å². The van der Waals surface area contributed by atoms with Crippen molar-refractivity contribution in [1.82, 2.24) is 10.2 Å². The molecule has 190 valence electrons. The molecule has 1 atom stereocenters. The zero-order valence-electron chi connectivity index (χ0n) is 20.2. The van der Waals surface area contributed by atoms with Gasteiger partial charge in [-0.15, -0.1) is 0 Å². The van der Waals surface area contributed by atoms with Gasteiger partial charge in [-0.3, -0.25) is 19.3 Å². The van der Waals surface area contributed by atoms with Gasteiger partial charge in [-0.1, -0.05) is 41.9 Å². The summed E-state index contributed by atoms with van der Waals surface area (Å²) in [4.78, 5) is 43.2. The Bertz CT molecular complexity index is 1290. The van der Waals surface area contributed by atoms with Crippen LogP contribution in [0.5, 0.6) is 5.75 Å². The van der Waals surface area contributed by atoms with Crippen LogP contribution in [0.1, 0.15) is 28.4 Å². The molecule has 2 N–H and O–H groups in total. The molecule has 3 amide bonds. The summed E-state index contributed by atoms with van der Waals surface area (Å²) in [7, 11) is 0. The summed E-state index contributed by atoms with van der Waals surface area (Å²) in [6.45, 7) is 2.47. The number of rotatable bonds is 5. The summed E-state index contributed by atoms with van der Waals surface area (Å²) in [6.07, 6.45) is 0.0620. The molecule has 5 rings (SSSR count).